The van der Waals surface area contributed by atoms with E-state index < -0.39 is 18.0 Å². The van der Waals surface area contributed by atoms with Gasteiger partial charge in [-0.25, -0.2) is 0 Å². The summed E-state index contributed by atoms with van der Waals surface area (Å²) in [5, 5.41) is 20.5. The highest BCUT2D eigenvalue weighted by atomic mass is 35.5. The standard InChI is InChI=1S/C23H24ClN3O4/c24-17-6-7-18-19(14-27(15-21(28)29)20(18)12-17)22(23(30)31)26-10-8-25(9-11-26)13-16-4-2-1-3-5-16/h1-7,12,14,22H,8-11,13,15H2,(H,28,29)(H,30,31)/t22-/m0/s1. The molecule has 0 amide bonds. The van der Waals surface area contributed by atoms with E-state index in [9.17, 15) is 19.8 Å². The molecule has 1 fully saturated rings. The largest absolute Gasteiger partial charge is 0.480 e. The molecule has 8 heteroatoms. The van der Waals surface area contributed by atoms with Crippen LogP contribution in [0.5, 0.6) is 0 Å². The van der Waals surface area contributed by atoms with Crippen LogP contribution in [0.1, 0.15) is 17.2 Å². The Morgan fingerprint density at radius 1 is 1.00 bits per heavy atom. The van der Waals surface area contributed by atoms with E-state index in [-0.39, 0.29) is 6.54 Å². The van der Waals surface area contributed by atoms with Gasteiger partial charge in [-0.3, -0.25) is 19.4 Å². The molecule has 0 radical (unpaired) electrons. The van der Waals surface area contributed by atoms with Gasteiger partial charge < -0.3 is 14.8 Å². The second-order valence-electron chi connectivity index (χ2n) is 7.81. The Balaban J connectivity index is 1.58. The number of hydrogen-bond donors (Lipinski definition) is 2. The number of carboxylic acids is 2. The minimum absolute atomic E-state index is 0.256. The minimum Gasteiger partial charge on any atom is -0.480 e. The predicted molar refractivity (Wildman–Crippen MR) is 118 cm³/mol. The highest BCUT2D eigenvalue weighted by molar-refractivity contribution is 6.31. The molecule has 31 heavy (non-hydrogen) atoms. The quantitative estimate of drug-likeness (QED) is 0.585. The lowest BCUT2D eigenvalue weighted by molar-refractivity contribution is -0.144. The topological polar surface area (TPSA) is 86.0 Å². The van der Waals surface area contributed by atoms with E-state index in [0.29, 0.717) is 34.6 Å². The molecule has 1 saturated heterocycles. The van der Waals surface area contributed by atoms with Crippen LogP contribution in [0.25, 0.3) is 10.9 Å². The van der Waals surface area contributed by atoms with Crippen molar-refractivity contribution < 1.29 is 19.8 Å². The summed E-state index contributed by atoms with van der Waals surface area (Å²) in [6.07, 6.45) is 1.64. The summed E-state index contributed by atoms with van der Waals surface area (Å²) < 4.78 is 1.56. The Morgan fingerprint density at radius 3 is 2.35 bits per heavy atom. The van der Waals surface area contributed by atoms with Crippen LogP contribution in [0.4, 0.5) is 0 Å². The number of rotatable bonds is 7. The first-order valence-electron chi connectivity index (χ1n) is 10.2. The average molecular weight is 442 g/mol. The van der Waals surface area contributed by atoms with Crippen LogP contribution in [-0.2, 0) is 22.7 Å². The normalized spacial score (nSPS) is 16.4. The molecular formula is C23H24ClN3O4. The monoisotopic (exact) mass is 441 g/mol. The summed E-state index contributed by atoms with van der Waals surface area (Å²) in [5.74, 6) is -1.94. The second kappa shape index (κ2) is 9.09. The van der Waals surface area contributed by atoms with Crippen molar-refractivity contribution in [1.82, 2.24) is 14.4 Å². The molecule has 0 bridgehead atoms. The number of piperazine rings is 1. The molecule has 2 aromatic carbocycles. The highest BCUT2D eigenvalue weighted by Gasteiger charge is 2.33. The number of nitrogens with zero attached hydrogens (tertiary/aromatic N) is 3. The number of halogens is 1. The van der Waals surface area contributed by atoms with Gasteiger partial charge in [0.15, 0.2) is 0 Å². The van der Waals surface area contributed by atoms with Gasteiger partial charge in [-0.05, 0) is 17.7 Å². The van der Waals surface area contributed by atoms with Gasteiger partial charge in [0.25, 0.3) is 0 Å². The fourth-order valence-corrected chi connectivity index (χ4v) is 4.46. The van der Waals surface area contributed by atoms with E-state index >= 15 is 0 Å². The number of benzene rings is 2. The van der Waals surface area contributed by atoms with E-state index in [2.05, 4.69) is 17.0 Å². The van der Waals surface area contributed by atoms with Crippen molar-refractivity contribution in [2.45, 2.75) is 19.1 Å². The van der Waals surface area contributed by atoms with Crippen LogP contribution in [-0.4, -0.2) is 62.7 Å². The van der Waals surface area contributed by atoms with E-state index in [1.165, 1.54) is 5.56 Å². The van der Waals surface area contributed by atoms with Crippen molar-refractivity contribution in [3.8, 4) is 0 Å². The fourth-order valence-electron chi connectivity index (χ4n) is 4.30. The fraction of sp³-hybridized carbons (Fsp3) is 0.304. The van der Waals surface area contributed by atoms with Crippen molar-refractivity contribution in [3.05, 3.63) is 70.9 Å². The third-order valence-corrected chi connectivity index (χ3v) is 5.97. The van der Waals surface area contributed by atoms with Gasteiger partial charge in [0.05, 0.1) is 5.52 Å². The van der Waals surface area contributed by atoms with E-state index in [4.69, 9.17) is 11.6 Å². The number of aliphatic carboxylic acids is 2. The van der Waals surface area contributed by atoms with Crippen LogP contribution in [0.3, 0.4) is 0 Å². The third kappa shape index (κ3) is 4.74. The molecule has 4 rings (SSSR count). The maximum Gasteiger partial charge on any atom is 0.325 e. The zero-order valence-corrected chi connectivity index (χ0v) is 17.7. The lowest BCUT2D eigenvalue weighted by Crippen LogP contribution is -2.48. The lowest BCUT2D eigenvalue weighted by atomic mass is 10.0. The van der Waals surface area contributed by atoms with Gasteiger partial charge in [-0.2, -0.15) is 0 Å². The molecule has 3 aromatic rings. The average Bonchev–Trinajstić information content (AvgIpc) is 3.06. The number of carbonyl (C=O) groups is 2. The SMILES string of the molecule is O=C(O)Cn1cc([C@@H](C(=O)O)N2CCN(Cc3ccccc3)CC2)c2ccc(Cl)cc21. The first-order valence-corrected chi connectivity index (χ1v) is 10.5. The Kier molecular flexibility index (Phi) is 6.27. The van der Waals surface area contributed by atoms with Crippen molar-refractivity contribution in [3.63, 3.8) is 0 Å². The van der Waals surface area contributed by atoms with E-state index in [1.807, 2.05) is 23.1 Å². The summed E-state index contributed by atoms with van der Waals surface area (Å²) in [6, 6.07) is 14.5. The molecule has 0 unspecified atom stereocenters. The summed E-state index contributed by atoms with van der Waals surface area (Å²) >= 11 is 6.12. The predicted octanol–water partition coefficient (Wildman–Crippen LogP) is 3.32. The Labute approximate surface area is 185 Å². The summed E-state index contributed by atoms with van der Waals surface area (Å²) in [6.45, 7) is 3.33. The molecule has 0 saturated carbocycles. The van der Waals surface area contributed by atoms with Crippen LogP contribution < -0.4 is 0 Å². The Hall–Kier alpha value is -2.87. The number of carboxylic acid groups (broad SMARTS) is 2. The van der Waals surface area contributed by atoms with Crippen LogP contribution in [0, 0.1) is 0 Å². The third-order valence-electron chi connectivity index (χ3n) is 5.73. The van der Waals surface area contributed by atoms with Crippen molar-refractivity contribution >= 4 is 34.4 Å². The van der Waals surface area contributed by atoms with Crippen LogP contribution in [0.2, 0.25) is 5.02 Å². The second-order valence-corrected chi connectivity index (χ2v) is 8.24. The van der Waals surface area contributed by atoms with Crippen molar-refractivity contribution in [1.29, 1.82) is 0 Å². The molecule has 1 atom stereocenters. The lowest BCUT2D eigenvalue weighted by Gasteiger charge is -2.37. The molecule has 2 N–H and O–H groups in total. The van der Waals surface area contributed by atoms with Gasteiger partial charge in [-0.15, -0.1) is 0 Å². The Bertz CT molecular complexity index is 1090. The van der Waals surface area contributed by atoms with Gasteiger partial charge >= 0.3 is 11.9 Å². The number of aromatic nitrogens is 1. The number of hydrogen-bond acceptors (Lipinski definition) is 4. The van der Waals surface area contributed by atoms with Gasteiger partial charge in [-0.1, -0.05) is 48.0 Å². The maximum atomic E-state index is 12.3. The van der Waals surface area contributed by atoms with Crippen molar-refractivity contribution in [2.24, 2.45) is 0 Å². The Morgan fingerprint density at radius 2 is 1.71 bits per heavy atom. The number of fused-ring (bicyclic) bond motifs is 1. The molecule has 1 aliphatic rings. The van der Waals surface area contributed by atoms with E-state index in [1.54, 1.807) is 29.0 Å². The van der Waals surface area contributed by atoms with Crippen LogP contribution in [0.15, 0.2) is 54.7 Å². The zero-order valence-electron chi connectivity index (χ0n) is 16.9. The van der Waals surface area contributed by atoms with Gasteiger partial charge in [0.2, 0.25) is 0 Å². The summed E-state index contributed by atoms with van der Waals surface area (Å²) in [5.41, 5.74) is 2.45. The highest BCUT2D eigenvalue weighted by Crippen LogP contribution is 2.33. The minimum atomic E-state index is -0.996. The smallest absolute Gasteiger partial charge is 0.325 e. The summed E-state index contributed by atoms with van der Waals surface area (Å²) in [7, 11) is 0. The molecule has 0 aliphatic carbocycles. The molecule has 162 valence electrons. The molecular weight excluding hydrogens is 418 g/mol. The van der Waals surface area contributed by atoms with Crippen molar-refractivity contribution in [2.75, 3.05) is 26.2 Å². The van der Waals surface area contributed by atoms with Gasteiger partial charge in [0.1, 0.15) is 12.6 Å². The summed E-state index contributed by atoms with van der Waals surface area (Å²) in [4.78, 5) is 27.9. The maximum absolute atomic E-state index is 12.3. The first-order chi connectivity index (χ1) is 14.9. The molecule has 1 aliphatic heterocycles. The first kappa shape index (κ1) is 21.4. The molecule has 0 spiro atoms. The molecule has 7 nitrogen and oxygen atoms in total. The molecule has 2 heterocycles. The zero-order chi connectivity index (χ0) is 22.0. The van der Waals surface area contributed by atoms with E-state index in [0.717, 1.165) is 19.6 Å². The van der Waals surface area contributed by atoms with Gasteiger partial charge in [0, 0.05) is 54.9 Å². The van der Waals surface area contributed by atoms with Crippen LogP contribution >= 0.6 is 11.6 Å². The molecule has 1 aromatic heterocycles.